The van der Waals surface area contributed by atoms with Gasteiger partial charge in [-0.15, -0.1) is 0 Å². The van der Waals surface area contributed by atoms with Crippen LogP contribution in [0, 0.1) is 34.0 Å². The van der Waals surface area contributed by atoms with Gasteiger partial charge in [-0.2, -0.15) is 12.6 Å². The summed E-state index contributed by atoms with van der Waals surface area (Å²) in [4.78, 5) is 269. The molecule has 54 heteroatoms. The lowest BCUT2D eigenvalue weighted by Gasteiger charge is -2.29. The molecule has 0 fully saturated rings. The maximum atomic E-state index is 15.1. The lowest BCUT2D eigenvalue weighted by Crippen LogP contribution is -2.62. The number of aliphatic hydroxyl groups is 1. The van der Waals surface area contributed by atoms with Gasteiger partial charge in [-0.3, -0.25) is 103 Å². The second-order valence-corrected chi connectivity index (χ2v) is 33.7. The van der Waals surface area contributed by atoms with Crippen molar-refractivity contribution < 1.29 is 127 Å². The van der Waals surface area contributed by atoms with Crippen molar-refractivity contribution in [3.63, 3.8) is 0 Å². The van der Waals surface area contributed by atoms with Gasteiger partial charge in [-0.1, -0.05) is 65.8 Å². The quantitative estimate of drug-likeness (QED) is 0.0108. The average molecular weight is 1950 g/mol. The van der Waals surface area contributed by atoms with Crippen LogP contribution < -0.4 is 119 Å². The average Bonchev–Trinajstić information content (AvgIpc) is 0.990. The predicted octanol–water partition coefficient (Wildman–Crippen LogP) is -8.41. The number of phenols is 2. The van der Waals surface area contributed by atoms with Crippen LogP contribution >= 0.6 is 12.6 Å². The van der Waals surface area contributed by atoms with Crippen LogP contribution in [-0.2, 0) is 110 Å². The molecule has 0 aliphatic carbocycles. The Morgan fingerprint density at radius 2 is 0.686 bits per heavy atom. The van der Waals surface area contributed by atoms with E-state index < -0.39 is 290 Å². The monoisotopic (exact) mass is 1950 g/mol. The summed E-state index contributed by atoms with van der Waals surface area (Å²) in [5, 5.41) is 133. The van der Waals surface area contributed by atoms with Crippen LogP contribution in [0.1, 0.15) is 149 Å². The largest absolute Gasteiger partial charge is 0.508 e. The molecule has 15 amide bonds. The fourth-order valence-electron chi connectivity index (χ4n) is 13.3. The molecule has 3 aromatic rings. The Balaban J connectivity index is 2.07. The molecule has 0 aliphatic heterocycles. The van der Waals surface area contributed by atoms with E-state index in [0.717, 1.165) is 6.92 Å². The number of H-pyrrole nitrogens is 1. The van der Waals surface area contributed by atoms with Crippen LogP contribution in [0.4, 0.5) is 0 Å². The number of thiol groups is 1. The van der Waals surface area contributed by atoms with Crippen molar-refractivity contribution in [1.29, 1.82) is 16.2 Å². The molecular weight excluding hydrogens is 1820 g/mol. The van der Waals surface area contributed by atoms with E-state index in [1.807, 2.05) is 5.32 Å². The number of hydrogen-bond donors (Lipinski definition) is 34. The second-order valence-electron chi connectivity index (χ2n) is 33.3. The first kappa shape index (κ1) is 116. The van der Waals surface area contributed by atoms with Gasteiger partial charge in [0.2, 0.25) is 88.6 Å². The number of aromatic amines is 1. The highest BCUT2D eigenvalue weighted by atomic mass is 32.1. The molecule has 0 aliphatic rings. The van der Waals surface area contributed by atoms with E-state index >= 15 is 4.79 Å². The van der Waals surface area contributed by atoms with Gasteiger partial charge in [0.1, 0.15) is 90.0 Å². The minimum absolute atomic E-state index is 0.0352. The fraction of sp³-hybridized carbons (Fsp3) is 0.554. The number of imidazole rings is 1. The third-order valence-electron chi connectivity index (χ3n) is 20.3. The summed E-state index contributed by atoms with van der Waals surface area (Å²) < 4.78 is 0. The first-order chi connectivity index (χ1) is 64.3. The molecule has 137 heavy (non-hydrogen) atoms. The molecular formula is C83H129N27O26S. The van der Waals surface area contributed by atoms with Crippen molar-refractivity contribution in [2.45, 2.75) is 248 Å². The molecule has 0 bridgehead atoms. The smallest absolute Gasteiger partial charge is 0.328 e. The van der Waals surface area contributed by atoms with Crippen LogP contribution in [-0.4, -0.2) is 298 Å². The van der Waals surface area contributed by atoms with E-state index in [4.69, 9.17) is 44.9 Å². The molecule has 0 radical (unpaired) electrons. The Kier molecular flexibility index (Phi) is 50.2. The highest BCUT2D eigenvalue weighted by Crippen LogP contribution is 2.19. The molecule has 1 aromatic heterocycles. The number of aromatic nitrogens is 2. The van der Waals surface area contributed by atoms with E-state index in [9.17, 15) is 122 Å². The minimum atomic E-state index is -2.17. The van der Waals surface area contributed by atoms with Gasteiger partial charge in [0.15, 0.2) is 23.9 Å². The van der Waals surface area contributed by atoms with Crippen LogP contribution in [0.5, 0.6) is 11.5 Å². The number of carboxylic acids is 4. The number of guanidine groups is 3. The number of rotatable bonds is 63. The topological polar surface area (TPSA) is 901 Å². The summed E-state index contributed by atoms with van der Waals surface area (Å²) in [6, 6.07) is -16.0. The van der Waals surface area contributed by atoms with Crippen LogP contribution in [0.2, 0.25) is 0 Å². The number of carbonyl (C=O) groups is 19. The second kappa shape index (κ2) is 59.1. The van der Waals surface area contributed by atoms with Gasteiger partial charge in [-0.05, 0) is 118 Å². The number of aromatic hydroxyl groups is 2. The number of aliphatic carboxylic acids is 4. The van der Waals surface area contributed by atoms with Crippen LogP contribution in [0.25, 0.3) is 0 Å². The normalized spacial score (nSPS) is 14.6. The number of nitrogens with one attached hydrogen (secondary N) is 21. The highest BCUT2D eigenvalue weighted by Gasteiger charge is 2.41. The third-order valence-corrected chi connectivity index (χ3v) is 20.7. The lowest BCUT2D eigenvalue weighted by molar-refractivity contribution is -0.146. The zero-order valence-corrected chi connectivity index (χ0v) is 77.4. The maximum absolute atomic E-state index is 15.1. The fourth-order valence-corrected chi connectivity index (χ4v) is 13.5. The minimum Gasteiger partial charge on any atom is -0.508 e. The molecule has 38 N–H and O–H groups in total. The SMILES string of the molecule is CC(C)C[C@H](NC(=O)[C@H](CS)NC(=O)[C@H](CCC(=O)O)NC(=O)[C@H](Cc1ccc(O)cc1)NC(=O)[C@H](CC(C)C)NC(=O)[C@H](CCCNC(=N)N)NC(=O)[C@@H](N)Cc1c[nH]cn1)C(=O)N[C@@H](Cc1ccc(O)cc1)C(=O)N[C@@H](CCCNC(=N)N)C(=O)N[C@@H](CC(N)=O)C(=O)N[C@@H](CCCNC(=N)N)C(=O)N[C@@H](CC(=O)O)C(=O)N[C@H](C(=O)N[C@@H](CC(=O)O)C(=O)N[C@H](C(=O)O)[C@@H](C)O)C(C)C. The number of aliphatic hydroxyl groups excluding tert-OH is 1. The van der Waals surface area contributed by atoms with Crippen molar-refractivity contribution in [3.05, 3.63) is 77.9 Å². The summed E-state index contributed by atoms with van der Waals surface area (Å²) in [6.07, 6.45) is -6.17. The van der Waals surface area contributed by atoms with E-state index in [-0.39, 0.29) is 99.9 Å². The molecule has 0 spiro atoms. The van der Waals surface area contributed by atoms with Crippen molar-refractivity contribution in [1.82, 2.24) is 100 Å². The summed E-state index contributed by atoms with van der Waals surface area (Å²) in [7, 11) is 0. The number of amides is 15. The van der Waals surface area contributed by atoms with Gasteiger partial charge in [0.05, 0.1) is 43.4 Å². The van der Waals surface area contributed by atoms with Crippen LogP contribution in [0.3, 0.4) is 0 Å². The number of phenolic OH excluding ortho intramolecular Hbond substituents is 2. The third kappa shape index (κ3) is 44.8. The number of carbonyl (C=O) groups excluding carboxylic acids is 15. The predicted molar refractivity (Wildman–Crippen MR) is 490 cm³/mol. The lowest BCUT2D eigenvalue weighted by atomic mass is 9.99. The zero-order valence-electron chi connectivity index (χ0n) is 76.6. The van der Waals surface area contributed by atoms with Crippen molar-refractivity contribution in [2.75, 3.05) is 25.4 Å². The molecule has 0 unspecified atom stereocenters. The number of nitrogens with two attached hydrogens (primary N) is 5. The molecule has 16 atom stereocenters. The summed E-state index contributed by atoms with van der Waals surface area (Å²) in [6.45, 7) is 10.1. The van der Waals surface area contributed by atoms with Crippen LogP contribution in [0.15, 0.2) is 61.1 Å². The van der Waals surface area contributed by atoms with Crippen molar-refractivity contribution in [3.8, 4) is 11.5 Å². The molecule has 0 saturated carbocycles. The maximum Gasteiger partial charge on any atom is 0.328 e. The van der Waals surface area contributed by atoms with E-state index in [2.05, 4.69) is 108 Å². The first-order valence-electron chi connectivity index (χ1n) is 43.5. The Labute approximate surface area is 792 Å². The summed E-state index contributed by atoms with van der Waals surface area (Å²) in [5.41, 5.74) is 29.3. The van der Waals surface area contributed by atoms with E-state index in [0.29, 0.717) is 11.3 Å². The molecule has 3 rings (SSSR count). The summed E-state index contributed by atoms with van der Waals surface area (Å²) >= 11 is 4.31. The number of nitrogens with zero attached hydrogens (tertiary/aromatic N) is 1. The zero-order chi connectivity index (χ0) is 103. The number of benzene rings is 2. The van der Waals surface area contributed by atoms with Crippen molar-refractivity contribution in [2.24, 2.45) is 46.4 Å². The van der Waals surface area contributed by atoms with Gasteiger partial charge >= 0.3 is 23.9 Å². The Morgan fingerprint density at radius 3 is 1.01 bits per heavy atom. The Hall–Kier alpha value is -14.7. The van der Waals surface area contributed by atoms with E-state index in [1.54, 1.807) is 27.7 Å². The summed E-state index contributed by atoms with van der Waals surface area (Å²) in [5.74, 6) is -28.6. The standard InChI is InChI=1S/C83H129N27O26S/c1-38(2)27-52(101-67(122)48(11-8-24-93-81(86)87)97-66(121)47(84)31-44-35-92-37-96-44)71(126)104-55(30-43-16-20-46(113)21-17-43)74(129)100-51(22-23-61(115)116)70(125)108-59(36-137)78(133)102-53(28-39(3)4)72(127)103-54(29-42-14-18-45(112)19-15-42)73(128)98-49(12-9-25-94-82(88)89)68(123)105-56(32-60(85)114)75(130)99-50(13-10-26-95-83(90)91)69(124)106-57(33-62(117)118)76(131)109-64(40(5)6)79(134)107-58(34-63(119)120)77(132)110-65(41(7)111)80(135)136/h14-21,35,37-41,47-59,64-65,111-113,137H,8-13,22-34,36,84H2,1-7H3,(H2,85,114)(H,92,96)(H,97,121)(H,98,128)(H,99,130)(H,100,129)(H,101,122)(H,102,133)(H,103,127)(H,104,126)(H,105,123)(H,106,124)(H,107,134)(H,108,125)(H,109,131)(H,110,132)(H,115,116)(H,117,118)(H,119,120)(H,135,136)(H4,86,87,93)(H4,88,89,94)(H4,90,91,95)/t41-,47+,48+,49+,50+,51+,52+,53+,54+,55+,56+,57+,58+,59+,64+,65+/m1/s1. The molecule has 0 saturated heterocycles. The highest BCUT2D eigenvalue weighted by molar-refractivity contribution is 7.80. The molecule has 1 heterocycles. The van der Waals surface area contributed by atoms with E-state index in [1.165, 1.54) is 74.9 Å². The molecule has 758 valence electrons. The number of carboxylic acid groups (broad SMARTS) is 4. The Morgan fingerprint density at radius 1 is 0.380 bits per heavy atom. The van der Waals surface area contributed by atoms with Gasteiger partial charge in [0.25, 0.3) is 0 Å². The number of hydrogen-bond acceptors (Lipinski definition) is 28. The van der Waals surface area contributed by atoms with Gasteiger partial charge in [0, 0.05) is 57.3 Å². The molecule has 2 aromatic carbocycles. The first-order valence-corrected chi connectivity index (χ1v) is 44.1. The molecule has 53 nitrogen and oxygen atoms in total. The Bertz CT molecular complexity index is 4660. The van der Waals surface area contributed by atoms with Gasteiger partial charge in [-0.25, -0.2) is 9.78 Å². The van der Waals surface area contributed by atoms with Crippen molar-refractivity contribution >= 4 is 143 Å². The number of primary amides is 1. The van der Waals surface area contributed by atoms with Gasteiger partial charge < -0.3 is 160 Å².